The third-order valence-corrected chi connectivity index (χ3v) is 6.53. The van der Waals surface area contributed by atoms with Crippen molar-refractivity contribution in [1.29, 1.82) is 0 Å². The summed E-state index contributed by atoms with van der Waals surface area (Å²) in [6.07, 6.45) is 0. The molecule has 2 N–H and O–H groups in total. The molecule has 0 radical (unpaired) electrons. The van der Waals surface area contributed by atoms with Gasteiger partial charge < -0.3 is 24.3 Å². The first kappa shape index (κ1) is 25.7. The van der Waals surface area contributed by atoms with Gasteiger partial charge in [-0.2, -0.15) is 0 Å². The van der Waals surface area contributed by atoms with Gasteiger partial charge >= 0.3 is 0 Å². The Morgan fingerprint density at radius 2 is 1.46 bits per heavy atom. The normalized spacial score (nSPS) is 11.8. The van der Waals surface area contributed by atoms with Crippen molar-refractivity contribution in [3.63, 3.8) is 0 Å². The van der Waals surface area contributed by atoms with Crippen LogP contribution >= 0.6 is 0 Å². The first-order valence-corrected chi connectivity index (χ1v) is 12.1. The lowest BCUT2D eigenvalue weighted by Gasteiger charge is -2.17. The number of hydrogen-bond donors (Lipinski definition) is 2. The largest absolute Gasteiger partial charge is 0.497 e. The predicted octanol–water partition coefficient (Wildman–Crippen LogP) is 3.77. The van der Waals surface area contributed by atoms with Gasteiger partial charge in [-0.05, 0) is 73.2 Å². The van der Waals surface area contributed by atoms with Crippen molar-refractivity contribution in [3.05, 3.63) is 72.3 Å². The first-order chi connectivity index (χ1) is 16.7. The van der Waals surface area contributed by atoms with Crippen LogP contribution in [0.1, 0.15) is 18.5 Å². The van der Waals surface area contributed by atoms with E-state index in [0.29, 0.717) is 28.7 Å². The number of hydrogen-bond acceptors (Lipinski definition) is 7. The van der Waals surface area contributed by atoms with E-state index in [1.54, 1.807) is 50.6 Å². The van der Waals surface area contributed by atoms with Crippen molar-refractivity contribution in [2.45, 2.75) is 17.9 Å². The molecule has 35 heavy (non-hydrogen) atoms. The molecule has 3 aromatic carbocycles. The van der Waals surface area contributed by atoms with Gasteiger partial charge in [0.15, 0.2) is 18.1 Å². The lowest BCUT2D eigenvalue weighted by Crippen LogP contribution is -2.31. The highest BCUT2D eigenvalue weighted by molar-refractivity contribution is 7.92. The lowest BCUT2D eigenvalue weighted by molar-refractivity contribution is -0.123. The van der Waals surface area contributed by atoms with Crippen LogP contribution in [0, 0.1) is 0 Å². The summed E-state index contributed by atoms with van der Waals surface area (Å²) in [5.41, 5.74) is 1.25. The molecule has 0 spiro atoms. The zero-order chi connectivity index (χ0) is 25.4. The molecule has 1 atom stereocenters. The Bertz CT molecular complexity index is 1240. The summed E-state index contributed by atoms with van der Waals surface area (Å²) in [6, 6.07) is 17.4. The van der Waals surface area contributed by atoms with Crippen LogP contribution in [-0.4, -0.2) is 42.3 Å². The van der Waals surface area contributed by atoms with Crippen molar-refractivity contribution < 1.29 is 32.2 Å². The fraction of sp³-hybridized carbons (Fsp3) is 0.240. The number of nitrogens with one attached hydrogen (secondary N) is 2. The molecular weight excluding hydrogens is 472 g/mol. The zero-order valence-electron chi connectivity index (χ0n) is 19.9. The second kappa shape index (κ2) is 11.5. The Morgan fingerprint density at radius 1 is 0.829 bits per heavy atom. The van der Waals surface area contributed by atoms with E-state index < -0.39 is 10.0 Å². The van der Waals surface area contributed by atoms with Gasteiger partial charge in [0.2, 0.25) is 0 Å². The number of ether oxygens (including phenoxy) is 4. The highest BCUT2D eigenvalue weighted by Gasteiger charge is 2.16. The fourth-order valence-electron chi connectivity index (χ4n) is 3.23. The number of carbonyl (C=O) groups excluding carboxylic acids is 1. The maximum atomic E-state index is 12.6. The molecular formula is C25H28N2O7S. The molecule has 1 unspecified atom stereocenters. The van der Waals surface area contributed by atoms with E-state index in [1.165, 1.54) is 31.4 Å². The Hall–Kier alpha value is -3.92. The smallest absolute Gasteiger partial charge is 0.261 e. The number of methoxy groups -OCH3 is 3. The van der Waals surface area contributed by atoms with Crippen LogP contribution < -0.4 is 29.0 Å². The van der Waals surface area contributed by atoms with E-state index in [2.05, 4.69) is 10.0 Å². The number of carbonyl (C=O) groups is 1. The summed E-state index contributed by atoms with van der Waals surface area (Å²) < 4.78 is 48.8. The van der Waals surface area contributed by atoms with Crippen LogP contribution in [0.5, 0.6) is 23.0 Å². The second-order valence-electron chi connectivity index (χ2n) is 7.50. The van der Waals surface area contributed by atoms with Gasteiger partial charge in [-0.15, -0.1) is 0 Å². The number of sulfonamides is 1. The molecule has 0 aliphatic carbocycles. The molecule has 186 valence electrons. The number of amides is 1. The molecule has 0 aromatic heterocycles. The summed E-state index contributed by atoms with van der Waals surface area (Å²) >= 11 is 0. The summed E-state index contributed by atoms with van der Waals surface area (Å²) in [5.74, 6) is 1.82. The van der Waals surface area contributed by atoms with E-state index in [9.17, 15) is 13.2 Å². The van der Waals surface area contributed by atoms with Crippen LogP contribution in [0.25, 0.3) is 0 Å². The van der Waals surface area contributed by atoms with Gasteiger partial charge in [-0.1, -0.05) is 6.07 Å². The van der Waals surface area contributed by atoms with E-state index >= 15 is 0 Å². The van der Waals surface area contributed by atoms with Gasteiger partial charge in [-0.25, -0.2) is 8.42 Å². The van der Waals surface area contributed by atoms with E-state index in [-0.39, 0.29) is 23.5 Å². The molecule has 1 amide bonds. The fourth-order valence-corrected chi connectivity index (χ4v) is 4.28. The van der Waals surface area contributed by atoms with E-state index in [4.69, 9.17) is 18.9 Å². The quantitative estimate of drug-likeness (QED) is 0.412. The molecule has 0 aliphatic heterocycles. The van der Waals surface area contributed by atoms with Crippen LogP contribution in [0.3, 0.4) is 0 Å². The minimum absolute atomic E-state index is 0.0622. The van der Waals surface area contributed by atoms with Gasteiger partial charge in [0.25, 0.3) is 15.9 Å². The van der Waals surface area contributed by atoms with Crippen molar-refractivity contribution >= 4 is 21.6 Å². The molecule has 3 rings (SSSR count). The molecule has 0 aliphatic rings. The predicted molar refractivity (Wildman–Crippen MR) is 132 cm³/mol. The topological polar surface area (TPSA) is 112 Å². The number of rotatable bonds is 11. The summed E-state index contributed by atoms with van der Waals surface area (Å²) in [7, 11) is 0.851. The van der Waals surface area contributed by atoms with Crippen molar-refractivity contribution in [2.24, 2.45) is 0 Å². The van der Waals surface area contributed by atoms with Gasteiger partial charge in [0, 0.05) is 5.69 Å². The van der Waals surface area contributed by atoms with E-state index in [1.807, 2.05) is 13.0 Å². The Kier molecular flexibility index (Phi) is 8.43. The lowest BCUT2D eigenvalue weighted by atomic mass is 10.1. The molecule has 0 saturated carbocycles. The number of anilines is 1. The average Bonchev–Trinajstić information content (AvgIpc) is 2.87. The summed E-state index contributed by atoms with van der Waals surface area (Å²) in [5, 5.41) is 2.85. The average molecular weight is 501 g/mol. The molecule has 0 heterocycles. The van der Waals surface area contributed by atoms with Gasteiger partial charge in [0.05, 0.1) is 32.3 Å². The number of benzene rings is 3. The Balaban J connectivity index is 1.55. The van der Waals surface area contributed by atoms with Crippen LogP contribution in [0.15, 0.2) is 71.6 Å². The molecule has 10 heteroatoms. The van der Waals surface area contributed by atoms with Crippen molar-refractivity contribution in [3.8, 4) is 23.0 Å². The molecule has 0 fully saturated rings. The highest BCUT2D eigenvalue weighted by Crippen LogP contribution is 2.30. The third-order valence-electron chi connectivity index (χ3n) is 5.13. The maximum Gasteiger partial charge on any atom is 0.261 e. The SMILES string of the molecule is COc1ccc(NS(=O)(=O)c2ccc(OCC(=O)NC(C)c3ccc(OC)c(OC)c3)cc2)cc1. The van der Waals surface area contributed by atoms with E-state index in [0.717, 1.165) is 5.56 Å². The monoisotopic (exact) mass is 500 g/mol. The Labute approximate surface area is 205 Å². The zero-order valence-corrected chi connectivity index (χ0v) is 20.7. The first-order valence-electron chi connectivity index (χ1n) is 10.7. The minimum atomic E-state index is -3.78. The van der Waals surface area contributed by atoms with Crippen molar-refractivity contribution in [2.75, 3.05) is 32.7 Å². The Morgan fingerprint density at radius 3 is 2.06 bits per heavy atom. The van der Waals surface area contributed by atoms with Crippen LogP contribution in [-0.2, 0) is 14.8 Å². The highest BCUT2D eigenvalue weighted by atomic mass is 32.2. The molecule has 3 aromatic rings. The van der Waals surface area contributed by atoms with Gasteiger partial charge in [-0.3, -0.25) is 9.52 Å². The van der Waals surface area contributed by atoms with Crippen molar-refractivity contribution in [1.82, 2.24) is 5.32 Å². The summed E-state index contributed by atoms with van der Waals surface area (Å²) in [6.45, 7) is 1.61. The maximum absolute atomic E-state index is 12.6. The summed E-state index contributed by atoms with van der Waals surface area (Å²) in [4.78, 5) is 12.4. The third kappa shape index (κ3) is 6.80. The molecule has 9 nitrogen and oxygen atoms in total. The van der Waals surface area contributed by atoms with Gasteiger partial charge in [0.1, 0.15) is 11.5 Å². The minimum Gasteiger partial charge on any atom is -0.497 e. The molecule has 0 bridgehead atoms. The standard InChI is InChI=1S/C25H28N2O7S/c1-17(18-5-14-23(32-3)24(15-18)33-4)26-25(28)16-34-21-10-12-22(13-11-21)35(29,30)27-19-6-8-20(31-2)9-7-19/h5-15,17,27H,16H2,1-4H3,(H,26,28). The molecule has 0 saturated heterocycles. The van der Waals surface area contributed by atoms with Crippen LogP contribution in [0.4, 0.5) is 5.69 Å². The second-order valence-corrected chi connectivity index (χ2v) is 9.18. The van der Waals surface area contributed by atoms with Crippen LogP contribution in [0.2, 0.25) is 0 Å².